The summed E-state index contributed by atoms with van der Waals surface area (Å²) < 4.78 is 10.5. The third-order valence-corrected chi connectivity index (χ3v) is 2.04. The van der Waals surface area contributed by atoms with Gasteiger partial charge in [-0.3, -0.25) is 4.79 Å². The standard InChI is InChI=1S/C10H18O3/c1-10(2,3)9(11)13-7-8-5-4-6-12-8/h8H,4-7H2,1-3H3. The summed E-state index contributed by atoms with van der Waals surface area (Å²) in [6.07, 6.45) is 2.22. The van der Waals surface area contributed by atoms with Crippen molar-refractivity contribution in [2.75, 3.05) is 13.2 Å². The zero-order valence-corrected chi connectivity index (χ0v) is 8.63. The van der Waals surface area contributed by atoms with Crippen LogP contribution in [0.25, 0.3) is 0 Å². The second kappa shape index (κ2) is 4.09. The molecule has 0 saturated carbocycles. The van der Waals surface area contributed by atoms with Crippen molar-refractivity contribution in [2.24, 2.45) is 5.41 Å². The first kappa shape index (κ1) is 10.5. The molecule has 1 aliphatic rings. The summed E-state index contributed by atoms with van der Waals surface area (Å²) in [7, 11) is 0. The molecule has 76 valence electrons. The number of esters is 1. The topological polar surface area (TPSA) is 35.5 Å². The Bertz CT molecular complexity index is 175. The van der Waals surface area contributed by atoms with Crippen LogP contribution in [0.1, 0.15) is 33.6 Å². The quantitative estimate of drug-likeness (QED) is 0.616. The van der Waals surface area contributed by atoms with Gasteiger partial charge in [-0.05, 0) is 33.6 Å². The zero-order chi connectivity index (χ0) is 9.90. The number of ether oxygens (including phenoxy) is 2. The second-order valence-corrected chi connectivity index (χ2v) is 4.48. The lowest BCUT2D eigenvalue weighted by molar-refractivity contribution is -0.156. The number of hydrogen-bond acceptors (Lipinski definition) is 3. The van der Waals surface area contributed by atoms with E-state index in [9.17, 15) is 4.79 Å². The summed E-state index contributed by atoms with van der Waals surface area (Å²) in [6.45, 7) is 6.77. The average Bonchev–Trinajstić information content (AvgIpc) is 2.50. The third kappa shape index (κ3) is 3.35. The molecule has 1 heterocycles. The molecule has 0 bridgehead atoms. The van der Waals surface area contributed by atoms with Crippen molar-refractivity contribution in [3.8, 4) is 0 Å². The van der Waals surface area contributed by atoms with Gasteiger partial charge in [0.25, 0.3) is 0 Å². The lowest BCUT2D eigenvalue weighted by Gasteiger charge is -2.18. The van der Waals surface area contributed by atoms with E-state index in [1.54, 1.807) is 0 Å². The second-order valence-electron chi connectivity index (χ2n) is 4.48. The molecule has 1 unspecified atom stereocenters. The van der Waals surface area contributed by atoms with E-state index in [1.165, 1.54) is 0 Å². The Morgan fingerprint density at radius 2 is 2.23 bits per heavy atom. The Morgan fingerprint density at radius 1 is 1.54 bits per heavy atom. The molecule has 0 aromatic rings. The van der Waals surface area contributed by atoms with Gasteiger partial charge >= 0.3 is 5.97 Å². The molecule has 0 aliphatic carbocycles. The first-order valence-corrected chi connectivity index (χ1v) is 4.79. The van der Waals surface area contributed by atoms with Crippen LogP contribution in [0.5, 0.6) is 0 Å². The highest BCUT2D eigenvalue weighted by Gasteiger charge is 2.25. The predicted octanol–water partition coefficient (Wildman–Crippen LogP) is 1.75. The molecule has 0 radical (unpaired) electrons. The van der Waals surface area contributed by atoms with Gasteiger partial charge in [0.2, 0.25) is 0 Å². The fourth-order valence-corrected chi connectivity index (χ4v) is 1.16. The van der Waals surface area contributed by atoms with Crippen LogP contribution in [0.15, 0.2) is 0 Å². The van der Waals surface area contributed by atoms with Crippen LogP contribution in [0.2, 0.25) is 0 Å². The first-order valence-electron chi connectivity index (χ1n) is 4.79. The fraction of sp³-hybridized carbons (Fsp3) is 0.900. The van der Waals surface area contributed by atoms with Crippen molar-refractivity contribution in [1.29, 1.82) is 0 Å². The molecule has 0 aromatic heterocycles. The molecule has 0 N–H and O–H groups in total. The Kier molecular flexibility index (Phi) is 3.31. The molecule has 0 amide bonds. The summed E-state index contributed by atoms with van der Waals surface area (Å²) in [4.78, 5) is 11.3. The van der Waals surface area contributed by atoms with Crippen LogP contribution in [0, 0.1) is 5.41 Å². The minimum atomic E-state index is -0.404. The van der Waals surface area contributed by atoms with Crippen LogP contribution in [-0.4, -0.2) is 25.3 Å². The number of carbonyl (C=O) groups is 1. The molecule has 1 saturated heterocycles. The Balaban J connectivity index is 2.22. The van der Waals surface area contributed by atoms with Crippen molar-refractivity contribution in [3.63, 3.8) is 0 Å². The van der Waals surface area contributed by atoms with E-state index >= 15 is 0 Å². The zero-order valence-electron chi connectivity index (χ0n) is 8.63. The van der Waals surface area contributed by atoms with Crippen LogP contribution in [-0.2, 0) is 14.3 Å². The van der Waals surface area contributed by atoms with Crippen LogP contribution >= 0.6 is 0 Å². The first-order chi connectivity index (χ1) is 6.00. The molecule has 3 heteroatoms. The van der Waals surface area contributed by atoms with Crippen molar-refractivity contribution in [2.45, 2.75) is 39.7 Å². The highest BCUT2D eigenvalue weighted by atomic mass is 16.6. The molecule has 1 fully saturated rings. The van der Waals surface area contributed by atoms with Crippen molar-refractivity contribution in [3.05, 3.63) is 0 Å². The number of hydrogen-bond donors (Lipinski definition) is 0. The van der Waals surface area contributed by atoms with E-state index in [0.29, 0.717) is 6.61 Å². The summed E-state index contributed by atoms with van der Waals surface area (Å²) in [5.41, 5.74) is -0.404. The third-order valence-electron chi connectivity index (χ3n) is 2.04. The maximum absolute atomic E-state index is 11.3. The Hall–Kier alpha value is -0.570. The summed E-state index contributed by atoms with van der Waals surface area (Å²) in [5, 5.41) is 0. The van der Waals surface area contributed by atoms with Gasteiger partial charge in [-0.25, -0.2) is 0 Å². The molecule has 1 rings (SSSR count). The number of rotatable bonds is 2. The molecule has 0 spiro atoms. The van der Waals surface area contributed by atoms with Crippen molar-refractivity contribution >= 4 is 5.97 Å². The average molecular weight is 186 g/mol. The van der Waals surface area contributed by atoms with Gasteiger partial charge < -0.3 is 9.47 Å². The Morgan fingerprint density at radius 3 is 2.69 bits per heavy atom. The van der Waals surface area contributed by atoms with Gasteiger partial charge in [0.05, 0.1) is 11.5 Å². The van der Waals surface area contributed by atoms with Gasteiger partial charge in [0, 0.05) is 6.61 Å². The van der Waals surface area contributed by atoms with Gasteiger partial charge in [-0.2, -0.15) is 0 Å². The fourth-order valence-electron chi connectivity index (χ4n) is 1.16. The van der Waals surface area contributed by atoms with Gasteiger partial charge in [0.1, 0.15) is 6.61 Å². The molecule has 1 atom stereocenters. The van der Waals surface area contributed by atoms with Gasteiger partial charge in [-0.15, -0.1) is 0 Å². The summed E-state index contributed by atoms with van der Waals surface area (Å²) >= 11 is 0. The van der Waals surface area contributed by atoms with E-state index in [-0.39, 0.29) is 12.1 Å². The van der Waals surface area contributed by atoms with E-state index in [2.05, 4.69) is 0 Å². The predicted molar refractivity (Wildman–Crippen MR) is 49.4 cm³/mol. The van der Waals surface area contributed by atoms with Crippen LogP contribution in [0.4, 0.5) is 0 Å². The van der Waals surface area contributed by atoms with E-state index in [1.807, 2.05) is 20.8 Å². The van der Waals surface area contributed by atoms with Gasteiger partial charge in [-0.1, -0.05) is 0 Å². The lowest BCUT2D eigenvalue weighted by Crippen LogP contribution is -2.26. The van der Waals surface area contributed by atoms with Crippen molar-refractivity contribution < 1.29 is 14.3 Å². The van der Waals surface area contributed by atoms with Gasteiger partial charge in [0.15, 0.2) is 0 Å². The lowest BCUT2D eigenvalue weighted by atomic mass is 9.97. The van der Waals surface area contributed by atoms with E-state index < -0.39 is 5.41 Å². The normalized spacial score (nSPS) is 23.2. The molecule has 0 aromatic carbocycles. The largest absolute Gasteiger partial charge is 0.463 e. The van der Waals surface area contributed by atoms with E-state index in [4.69, 9.17) is 9.47 Å². The van der Waals surface area contributed by atoms with E-state index in [0.717, 1.165) is 19.4 Å². The minimum Gasteiger partial charge on any atom is -0.463 e. The highest BCUT2D eigenvalue weighted by Crippen LogP contribution is 2.17. The molecular weight excluding hydrogens is 168 g/mol. The SMILES string of the molecule is CC(C)(C)C(=O)OCC1CCCO1. The Labute approximate surface area is 79.4 Å². The highest BCUT2D eigenvalue weighted by molar-refractivity contribution is 5.75. The number of carbonyl (C=O) groups excluding carboxylic acids is 1. The maximum atomic E-state index is 11.3. The van der Waals surface area contributed by atoms with Crippen LogP contribution in [0.3, 0.4) is 0 Å². The van der Waals surface area contributed by atoms with Crippen LogP contribution < -0.4 is 0 Å². The molecule has 3 nitrogen and oxygen atoms in total. The summed E-state index contributed by atoms with van der Waals surface area (Å²) in [5.74, 6) is -0.150. The maximum Gasteiger partial charge on any atom is 0.311 e. The molecule has 13 heavy (non-hydrogen) atoms. The smallest absolute Gasteiger partial charge is 0.311 e. The molecule has 1 aliphatic heterocycles. The summed E-state index contributed by atoms with van der Waals surface area (Å²) in [6, 6.07) is 0. The van der Waals surface area contributed by atoms with Crippen molar-refractivity contribution in [1.82, 2.24) is 0 Å². The minimum absolute atomic E-state index is 0.131. The monoisotopic (exact) mass is 186 g/mol. The molecular formula is C10H18O3.